The molecule has 1 aliphatic rings. The predicted octanol–water partition coefficient (Wildman–Crippen LogP) is 1.16. The minimum absolute atomic E-state index is 0.0550. The summed E-state index contributed by atoms with van der Waals surface area (Å²) in [6.45, 7) is 3.18. The second kappa shape index (κ2) is 5.40. The van der Waals surface area contributed by atoms with E-state index in [1.165, 1.54) is 0 Å². The molecule has 2 atom stereocenters. The van der Waals surface area contributed by atoms with Crippen LogP contribution >= 0.6 is 0 Å². The Kier molecular flexibility index (Phi) is 3.87. The predicted molar refractivity (Wildman–Crippen MR) is 68.2 cm³/mol. The molecule has 1 aromatic rings. The SMILES string of the molecule is CC1CN(C(=O)Cc2cccc(O)c2)CCC1O. The lowest BCUT2D eigenvalue weighted by molar-refractivity contribution is -0.133. The number of carbonyl (C=O) groups is 1. The van der Waals surface area contributed by atoms with Gasteiger partial charge in [-0.2, -0.15) is 0 Å². The van der Waals surface area contributed by atoms with Crippen LogP contribution in [0, 0.1) is 5.92 Å². The number of amides is 1. The summed E-state index contributed by atoms with van der Waals surface area (Å²) >= 11 is 0. The second-order valence-corrected chi connectivity index (χ2v) is 5.02. The summed E-state index contributed by atoms with van der Waals surface area (Å²) in [5.41, 5.74) is 0.818. The number of piperidine rings is 1. The number of likely N-dealkylation sites (tertiary alicyclic amines) is 1. The fourth-order valence-corrected chi connectivity index (χ4v) is 2.31. The zero-order valence-electron chi connectivity index (χ0n) is 10.5. The molecular weight excluding hydrogens is 230 g/mol. The molecule has 0 radical (unpaired) electrons. The van der Waals surface area contributed by atoms with E-state index in [0.29, 0.717) is 25.9 Å². The van der Waals surface area contributed by atoms with E-state index in [9.17, 15) is 15.0 Å². The number of benzene rings is 1. The van der Waals surface area contributed by atoms with E-state index >= 15 is 0 Å². The van der Waals surface area contributed by atoms with E-state index in [2.05, 4.69) is 0 Å². The number of aromatic hydroxyl groups is 1. The topological polar surface area (TPSA) is 60.8 Å². The molecule has 1 aromatic carbocycles. The minimum Gasteiger partial charge on any atom is -0.508 e. The molecule has 1 aliphatic heterocycles. The number of hydrogen-bond donors (Lipinski definition) is 2. The highest BCUT2D eigenvalue weighted by molar-refractivity contribution is 5.79. The molecule has 0 spiro atoms. The van der Waals surface area contributed by atoms with Gasteiger partial charge in [-0.15, -0.1) is 0 Å². The third-order valence-corrected chi connectivity index (χ3v) is 3.48. The molecule has 0 aromatic heterocycles. The van der Waals surface area contributed by atoms with E-state index < -0.39 is 0 Å². The molecule has 18 heavy (non-hydrogen) atoms. The van der Waals surface area contributed by atoms with Crippen molar-refractivity contribution >= 4 is 5.91 Å². The smallest absolute Gasteiger partial charge is 0.227 e. The summed E-state index contributed by atoms with van der Waals surface area (Å²) in [5.74, 6) is 0.369. The van der Waals surface area contributed by atoms with Crippen molar-refractivity contribution in [2.45, 2.75) is 25.9 Å². The molecule has 0 bridgehead atoms. The van der Waals surface area contributed by atoms with Crippen LogP contribution < -0.4 is 0 Å². The number of phenols is 1. The minimum atomic E-state index is -0.296. The molecule has 4 nitrogen and oxygen atoms in total. The van der Waals surface area contributed by atoms with Crippen molar-refractivity contribution in [2.75, 3.05) is 13.1 Å². The monoisotopic (exact) mass is 249 g/mol. The summed E-state index contributed by atoms with van der Waals surface area (Å²) in [4.78, 5) is 13.9. The molecule has 2 N–H and O–H groups in total. The molecule has 1 amide bonds. The Hall–Kier alpha value is -1.55. The van der Waals surface area contributed by atoms with E-state index in [1.54, 1.807) is 23.1 Å². The van der Waals surface area contributed by atoms with Crippen LogP contribution in [-0.2, 0) is 11.2 Å². The maximum absolute atomic E-state index is 12.1. The average molecular weight is 249 g/mol. The Balaban J connectivity index is 1.96. The van der Waals surface area contributed by atoms with E-state index in [-0.39, 0.29) is 23.7 Å². The normalized spacial score (nSPS) is 24.0. The summed E-state index contributed by atoms with van der Waals surface area (Å²) in [5, 5.41) is 19.0. The maximum atomic E-state index is 12.1. The summed E-state index contributed by atoms with van der Waals surface area (Å²) < 4.78 is 0. The van der Waals surface area contributed by atoms with Crippen molar-refractivity contribution in [1.82, 2.24) is 4.90 Å². The number of nitrogens with zero attached hydrogens (tertiary/aromatic N) is 1. The third-order valence-electron chi connectivity index (χ3n) is 3.48. The van der Waals surface area contributed by atoms with Crippen LogP contribution in [0.2, 0.25) is 0 Å². The Morgan fingerprint density at radius 3 is 2.94 bits per heavy atom. The third kappa shape index (κ3) is 3.01. The van der Waals surface area contributed by atoms with Crippen molar-refractivity contribution in [3.63, 3.8) is 0 Å². The maximum Gasteiger partial charge on any atom is 0.227 e. The zero-order valence-corrected chi connectivity index (χ0v) is 10.5. The fraction of sp³-hybridized carbons (Fsp3) is 0.500. The Labute approximate surface area is 107 Å². The lowest BCUT2D eigenvalue weighted by Gasteiger charge is -2.34. The molecule has 1 heterocycles. The van der Waals surface area contributed by atoms with Gasteiger partial charge in [0.1, 0.15) is 5.75 Å². The Morgan fingerprint density at radius 2 is 2.28 bits per heavy atom. The first-order valence-electron chi connectivity index (χ1n) is 6.30. The molecule has 0 saturated carbocycles. The molecule has 2 unspecified atom stereocenters. The summed E-state index contributed by atoms with van der Waals surface area (Å²) in [6.07, 6.45) is 0.652. The number of aliphatic hydroxyl groups is 1. The van der Waals surface area contributed by atoms with Gasteiger partial charge in [-0.05, 0) is 30.0 Å². The largest absolute Gasteiger partial charge is 0.508 e. The molecule has 4 heteroatoms. The molecule has 2 rings (SSSR count). The van der Waals surface area contributed by atoms with Gasteiger partial charge in [0.05, 0.1) is 12.5 Å². The molecule has 0 aliphatic carbocycles. The number of hydrogen-bond acceptors (Lipinski definition) is 3. The first-order valence-corrected chi connectivity index (χ1v) is 6.30. The van der Waals surface area contributed by atoms with Gasteiger partial charge in [-0.3, -0.25) is 4.79 Å². The molecule has 1 saturated heterocycles. The van der Waals surface area contributed by atoms with E-state index in [1.807, 2.05) is 13.0 Å². The number of rotatable bonds is 2. The molecule has 98 valence electrons. The quantitative estimate of drug-likeness (QED) is 0.827. The highest BCUT2D eigenvalue weighted by Gasteiger charge is 2.26. The molecular formula is C14H19NO3. The van der Waals surface area contributed by atoms with E-state index in [4.69, 9.17) is 0 Å². The van der Waals surface area contributed by atoms with Crippen molar-refractivity contribution in [3.05, 3.63) is 29.8 Å². The van der Waals surface area contributed by atoms with Crippen LogP contribution in [-0.4, -0.2) is 40.2 Å². The van der Waals surface area contributed by atoms with E-state index in [0.717, 1.165) is 5.56 Å². The molecule has 1 fully saturated rings. The van der Waals surface area contributed by atoms with Gasteiger partial charge in [-0.1, -0.05) is 19.1 Å². The highest BCUT2D eigenvalue weighted by atomic mass is 16.3. The first kappa shape index (κ1) is 12.9. The lowest BCUT2D eigenvalue weighted by Crippen LogP contribution is -2.45. The van der Waals surface area contributed by atoms with Gasteiger partial charge in [-0.25, -0.2) is 0 Å². The van der Waals surface area contributed by atoms with Gasteiger partial charge >= 0.3 is 0 Å². The van der Waals surface area contributed by atoms with Gasteiger partial charge in [0, 0.05) is 13.1 Å². The zero-order chi connectivity index (χ0) is 13.1. The van der Waals surface area contributed by atoms with Crippen molar-refractivity contribution in [2.24, 2.45) is 5.92 Å². The average Bonchev–Trinajstić information content (AvgIpc) is 2.32. The van der Waals surface area contributed by atoms with Crippen LogP contribution in [0.25, 0.3) is 0 Å². The van der Waals surface area contributed by atoms with Crippen molar-refractivity contribution in [1.29, 1.82) is 0 Å². The summed E-state index contributed by atoms with van der Waals surface area (Å²) in [6, 6.07) is 6.77. The van der Waals surface area contributed by atoms with Crippen LogP contribution in [0.5, 0.6) is 5.75 Å². The van der Waals surface area contributed by atoms with Gasteiger partial charge < -0.3 is 15.1 Å². The second-order valence-electron chi connectivity index (χ2n) is 5.02. The van der Waals surface area contributed by atoms with Crippen molar-refractivity contribution in [3.8, 4) is 5.75 Å². The Morgan fingerprint density at radius 1 is 1.50 bits per heavy atom. The standard InChI is InChI=1S/C14H19NO3/c1-10-9-15(6-5-13(10)17)14(18)8-11-3-2-4-12(16)7-11/h2-4,7,10,13,16-17H,5-6,8-9H2,1H3. The number of carbonyl (C=O) groups excluding carboxylic acids is 1. The van der Waals surface area contributed by atoms with Gasteiger partial charge in [0.2, 0.25) is 5.91 Å². The van der Waals surface area contributed by atoms with Crippen LogP contribution in [0.15, 0.2) is 24.3 Å². The van der Waals surface area contributed by atoms with Crippen LogP contribution in [0.3, 0.4) is 0 Å². The number of aliphatic hydroxyl groups excluding tert-OH is 1. The Bertz CT molecular complexity index is 433. The van der Waals surface area contributed by atoms with Crippen LogP contribution in [0.4, 0.5) is 0 Å². The van der Waals surface area contributed by atoms with Gasteiger partial charge in [0.25, 0.3) is 0 Å². The fourth-order valence-electron chi connectivity index (χ4n) is 2.31. The first-order chi connectivity index (χ1) is 8.56. The summed E-state index contributed by atoms with van der Waals surface area (Å²) in [7, 11) is 0. The van der Waals surface area contributed by atoms with Gasteiger partial charge in [0.15, 0.2) is 0 Å². The van der Waals surface area contributed by atoms with Crippen molar-refractivity contribution < 1.29 is 15.0 Å². The highest BCUT2D eigenvalue weighted by Crippen LogP contribution is 2.18. The van der Waals surface area contributed by atoms with Crippen LogP contribution in [0.1, 0.15) is 18.9 Å². The number of phenolic OH excluding ortho intramolecular Hbond substituents is 1. The lowest BCUT2D eigenvalue weighted by atomic mass is 9.96.